The quantitative estimate of drug-likeness (QED) is 0.855. The van der Waals surface area contributed by atoms with E-state index in [1.807, 2.05) is 6.20 Å². The summed E-state index contributed by atoms with van der Waals surface area (Å²) in [6.45, 7) is 8.40. The highest BCUT2D eigenvalue weighted by Gasteiger charge is 2.23. The highest BCUT2D eigenvalue weighted by molar-refractivity contribution is 5.34. The summed E-state index contributed by atoms with van der Waals surface area (Å²) in [7, 11) is 2.11. The molecule has 4 nitrogen and oxygen atoms in total. The summed E-state index contributed by atoms with van der Waals surface area (Å²) in [5.41, 5.74) is 2.29. The molecule has 2 rings (SSSR count). The molecule has 0 spiro atoms. The second kappa shape index (κ2) is 6.33. The van der Waals surface area contributed by atoms with Crippen molar-refractivity contribution in [1.82, 2.24) is 15.3 Å². The van der Waals surface area contributed by atoms with Crippen molar-refractivity contribution in [1.29, 1.82) is 0 Å². The molecule has 0 bridgehead atoms. The third-order valence-corrected chi connectivity index (χ3v) is 3.87. The topological polar surface area (TPSA) is 41.1 Å². The van der Waals surface area contributed by atoms with Gasteiger partial charge in [-0.1, -0.05) is 13.8 Å². The van der Waals surface area contributed by atoms with Crippen LogP contribution in [0.3, 0.4) is 0 Å². The zero-order valence-corrected chi connectivity index (χ0v) is 12.6. The molecule has 0 unspecified atom stereocenters. The van der Waals surface area contributed by atoms with Crippen molar-refractivity contribution >= 4 is 5.95 Å². The van der Waals surface area contributed by atoms with Crippen molar-refractivity contribution < 1.29 is 0 Å². The van der Waals surface area contributed by atoms with Gasteiger partial charge >= 0.3 is 0 Å². The van der Waals surface area contributed by atoms with Crippen LogP contribution in [0.15, 0.2) is 6.20 Å². The first-order valence-electron chi connectivity index (χ1n) is 7.34. The van der Waals surface area contributed by atoms with Crippen LogP contribution in [-0.4, -0.2) is 29.6 Å². The van der Waals surface area contributed by atoms with E-state index >= 15 is 0 Å². The standard InChI is InChI=1S/C15H26N4/c1-11(2)8-16-9-13-10-17-15(18-12(13)3)19(4)14-6-5-7-14/h10-11,14,16H,5-9H2,1-4H3. The molecule has 0 saturated heterocycles. The van der Waals surface area contributed by atoms with E-state index in [0.29, 0.717) is 12.0 Å². The zero-order valence-electron chi connectivity index (χ0n) is 12.6. The minimum Gasteiger partial charge on any atom is -0.341 e. The number of hydrogen-bond acceptors (Lipinski definition) is 4. The molecule has 1 aliphatic carbocycles. The van der Waals surface area contributed by atoms with Gasteiger partial charge in [0.25, 0.3) is 0 Å². The number of nitrogens with one attached hydrogen (secondary N) is 1. The minimum absolute atomic E-state index is 0.643. The molecular weight excluding hydrogens is 236 g/mol. The Labute approximate surface area is 116 Å². The van der Waals surface area contributed by atoms with Crippen molar-refractivity contribution in [2.45, 2.75) is 52.6 Å². The Balaban J connectivity index is 1.96. The molecule has 1 N–H and O–H groups in total. The normalized spacial score (nSPS) is 15.6. The van der Waals surface area contributed by atoms with Gasteiger partial charge in [0.05, 0.1) is 0 Å². The molecular formula is C15H26N4. The van der Waals surface area contributed by atoms with E-state index < -0.39 is 0 Å². The molecule has 1 aromatic heterocycles. The van der Waals surface area contributed by atoms with Gasteiger partial charge in [0, 0.05) is 37.1 Å². The Morgan fingerprint density at radius 3 is 2.68 bits per heavy atom. The molecule has 1 fully saturated rings. The van der Waals surface area contributed by atoms with Gasteiger partial charge in [0.2, 0.25) is 5.95 Å². The Morgan fingerprint density at radius 1 is 1.42 bits per heavy atom. The summed E-state index contributed by atoms with van der Waals surface area (Å²) in [4.78, 5) is 11.4. The lowest BCUT2D eigenvalue weighted by molar-refractivity contribution is 0.397. The molecule has 106 valence electrons. The van der Waals surface area contributed by atoms with Crippen LogP contribution in [0.25, 0.3) is 0 Å². The van der Waals surface area contributed by atoms with Crippen molar-refractivity contribution in [3.8, 4) is 0 Å². The fourth-order valence-corrected chi connectivity index (χ4v) is 2.26. The van der Waals surface area contributed by atoms with Crippen molar-refractivity contribution in [3.05, 3.63) is 17.5 Å². The van der Waals surface area contributed by atoms with Crippen LogP contribution in [-0.2, 0) is 6.54 Å². The second-order valence-corrected chi connectivity index (χ2v) is 6.00. The summed E-state index contributed by atoms with van der Waals surface area (Å²) in [6, 6.07) is 0.643. The monoisotopic (exact) mass is 262 g/mol. The van der Waals surface area contributed by atoms with E-state index in [4.69, 9.17) is 0 Å². The van der Waals surface area contributed by atoms with Crippen LogP contribution in [0, 0.1) is 12.8 Å². The lowest BCUT2D eigenvalue weighted by Gasteiger charge is -2.34. The maximum atomic E-state index is 4.65. The van der Waals surface area contributed by atoms with Gasteiger partial charge in [-0.15, -0.1) is 0 Å². The van der Waals surface area contributed by atoms with Crippen molar-refractivity contribution in [3.63, 3.8) is 0 Å². The van der Waals surface area contributed by atoms with Gasteiger partial charge < -0.3 is 10.2 Å². The summed E-state index contributed by atoms with van der Waals surface area (Å²) in [5, 5.41) is 3.44. The van der Waals surface area contributed by atoms with E-state index in [0.717, 1.165) is 24.7 Å². The first-order chi connectivity index (χ1) is 9.08. The molecule has 1 aromatic rings. The number of hydrogen-bond donors (Lipinski definition) is 1. The molecule has 0 atom stereocenters. The summed E-state index contributed by atoms with van der Waals surface area (Å²) < 4.78 is 0. The summed E-state index contributed by atoms with van der Waals surface area (Å²) in [6.07, 6.45) is 5.86. The van der Waals surface area contributed by atoms with Crippen LogP contribution < -0.4 is 10.2 Å². The predicted octanol–water partition coefficient (Wildman–Crippen LogP) is 2.52. The van der Waals surface area contributed by atoms with E-state index in [1.165, 1.54) is 24.8 Å². The van der Waals surface area contributed by atoms with Gasteiger partial charge in [0.15, 0.2) is 0 Å². The van der Waals surface area contributed by atoms with E-state index in [1.54, 1.807) is 0 Å². The molecule has 0 radical (unpaired) electrons. The lowest BCUT2D eigenvalue weighted by Crippen LogP contribution is -2.38. The van der Waals surface area contributed by atoms with Crippen LogP contribution in [0.5, 0.6) is 0 Å². The predicted molar refractivity (Wildman–Crippen MR) is 79.4 cm³/mol. The SMILES string of the molecule is Cc1nc(N(C)C2CCC2)ncc1CNCC(C)C. The first-order valence-corrected chi connectivity index (χ1v) is 7.34. The molecule has 1 heterocycles. The van der Waals surface area contributed by atoms with Crippen molar-refractivity contribution in [2.75, 3.05) is 18.5 Å². The maximum absolute atomic E-state index is 4.65. The molecule has 1 aliphatic rings. The van der Waals surface area contributed by atoms with Gasteiger partial charge in [-0.25, -0.2) is 9.97 Å². The largest absolute Gasteiger partial charge is 0.341 e. The first kappa shape index (κ1) is 14.3. The average molecular weight is 262 g/mol. The van der Waals surface area contributed by atoms with Gasteiger partial charge in [-0.3, -0.25) is 0 Å². The number of nitrogens with zero attached hydrogens (tertiary/aromatic N) is 3. The summed E-state index contributed by atoms with van der Waals surface area (Å²) in [5.74, 6) is 1.54. The van der Waals surface area contributed by atoms with Gasteiger partial charge in [0.1, 0.15) is 0 Å². The Morgan fingerprint density at radius 2 is 2.16 bits per heavy atom. The maximum Gasteiger partial charge on any atom is 0.225 e. The fraction of sp³-hybridized carbons (Fsp3) is 0.733. The van der Waals surface area contributed by atoms with E-state index in [2.05, 4.69) is 48.0 Å². The number of anilines is 1. The molecule has 19 heavy (non-hydrogen) atoms. The van der Waals surface area contributed by atoms with Crippen LogP contribution in [0.2, 0.25) is 0 Å². The highest BCUT2D eigenvalue weighted by Crippen LogP contribution is 2.26. The minimum atomic E-state index is 0.643. The number of aromatic nitrogens is 2. The van der Waals surface area contributed by atoms with E-state index in [-0.39, 0.29) is 0 Å². The van der Waals surface area contributed by atoms with Gasteiger partial charge in [-0.2, -0.15) is 0 Å². The Bertz CT molecular complexity index is 413. The average Bonchev–Trinajstić information content (AvgIpc) is 2.28. The van der Waals surface area contributed by atoms with Crippen LogP contribution >= 0.6 is 0 Å². The second-order valence-electron chi connectivity index (χ2n) is 6.00. The molecule has 0 aliphatic heterocycles. The third kappa shape index (κ3) is 3.66. The van der Waals surface area contributed by atoms with Crippen molar-refractivity contribution in [2.24, 2.45) is 5.92 Å². The Kier molecular flexibility index (Phi) is 4.75. The lowest BCUT2D eigenvalue weighted by atomic mass is 9.92. The zero-order chi connectivity index (χ0) is 13.8. The number of aryl methyl sites for hydroxylation is 1. The smallest absolute Gasteiger partial charge is 0.225 e. The van der Waals surface area contributed by atoms with Crippen LogP contribution in [0.4, 0.5) is 5.95 Å². The fourth-order valence-electron chi connectivity index (χ4n) is 2.26. The third-order valence-electron chi connectivity index (χ3n) is 3.87. The molecule has 4 heteroatoms. The highest BCUT2D eigenvalue weighted by atomic mass is 15.3. The van der Waals surface area contributed by atoms with Crippen LogP contribution in [0.1, 0.15) is 44.4 Å². The molecule has 1 saturated carbocycles. The Hall–Kier alpha value is -1.16. The number of rotatable bonds is 6. The molecule has 0 aromatic carbocycles. The van der Waals surface area contributed by atoms with E-state index in [9.17, 15) is 0 Å². The van der Waals surface area contributed by atoms with Gasteiger partial charge in [-0.05, 0) is 38.6 Å². The summed E-state index contributed by atoms with van der Waals surface area (Å²) >= 11 is 0. The molecule has 0 amide bonds.